The summed E-state index contributed by atoms with van der Waals surface area (Å²) in [5.41, 5.74) is 0.882. The molecule has 1 amide bonds. The highest BCUT2D eigenvalue weighted by molar-refractivity contribution is 8.00. The molecule has 2 heterocycles. The molecule has 0 spiro atoms. The first-order chi connectivity index (χ1) is 13.8. The zero-order chi connectivity index (χ0) is 21.0. The Kier molecular flexibility index (Phi) is 6.94. The average Bonchev–Trinajstić information content (AvgIpc) is 2.73. The number of amides is 1. The monoisotopic (exact) mass is 434 g/mol. The Morgan fingerprint density at radius 1 is 1.07 bits per heavy atom. The number of benzene rings is 1. The fraction of sp³-hybridized carbons (Fsp3) is 0.400. The standard InChI is InChI=1S/C20H26N4O3S2/c1-22(2)20(25)19(16-7-5-4-6-8-16)28-18-10-9-17(15-21-18)29(26,27)24-13-11-23(3)12-14-24/h4-10,15,19H,11-14H2,1-3H3/t19-/m1/s1. The number of aromatic nitrogens is 1. The molecule has 3 rings (SSSR count). The third kappa shape index (κ3) is 5.16. The molecule has 9 heteroatoms. The zero-order valence-electron chi connectivity index (χ0n) is 16.9. The molecule has 1 fully saturated rings. The molecule has 1 aromatic carbocycles. The van der Waals surface area contributed by atoms with Gasteiger partial charge in [-0.25, -0.2) is 13.4 Å². The fourth-order valence-corrected chi connectivity index (χ4v) is 5.49. The highest BCUT2D eigenvalue weighted by Crippen LogP contribution is 2.35. The van der Waals surface area contributed by atoms with Crippen molar-refractivity contribution in [1.82, 2.24) is 19.1 Å². The summed E-state index contributed by atoms with van der Waals surface area (Å²) in [6.07, 6.45) is 1.39. The molecule has 0 N–H and O–H groups in total. The number of carbonyl (C=O) groups is 1. The molecule has 7 nitrogen and oxygen atoms in total. The highest BCUT2D eigenvalue weighted by Gasteiger charge is 2.28. The topological polar surface area (TPSA) is 73.8 Å². The number of sulfonamides is 1. The van der Waals surface area contributed by atoms with Crippen molar-refractivity contribution in [3.63, 3.8) is 0 Å². The van der Waals surface area contributed by atoms with Crippen LogP contribution in [0.1, 0.15) is 10.8 Å². The summed E-state index contributed by atoms with van der Waals surface area (Å²) in [5, 5.41) is 0.158. The normalized spacial score (nSPS) is 17.1. The van der Waals surface area contributed by atoms with Crippen LogP contribution in [0.4, 0.5) is 0 Å². The lowest BCUT2D eigenvalue weighted by Crippen LogP contribution is -2.47. The number of hydrogen-bond acceptors (Lipinski definition) is 6. The number of thioether (sulfide) groups is 1. The number of likely N-dealkylation sites (N-methyl/N-ethyl adjacent to an activating group) is 2. The van der Waals surface area contributed by atoms with Gasteiger partial charge in [0.15, 0.2) is 0 Å². The molecule has 2 aromatic rings. The van der Waals surface area contributed by atoms with Crippen LogP contribution in [0.25, 0.3) is 0 Å². The fourth-order valence-electron chi connectivity index (χ4n) is 3.01. The van der Waals surface area contributed by atoms with Gasteiger partial charge >= 0.3 is 0 Å². The molecule has 1 aliphatic heterocycles. The van der Waals surface area contributed by atoms with Gasteiger partial charge in [0.25, 0.3) is 0 Å². The van der Waals surface area contributed by atoms with Crippen molar-refractivity contribution < 1.29 is 13.2 Å². The van der Waals surface area contributed by atoms with E-state index in [2.05, 4.69) is 9.88 Å². The molecule has 1 aliphatic rings. The molecule has 0 radical (unpaired) electrons. The van der Waals surface area contributed by atoms with Crippen LogP contribution in [0.5, 0.6) is 0 Å². The van der Waals surface area contributed by atoms with E-state index in [1.807, 2.05) is 37.4 Å². The summed E-state index contributed by atoms with van der Waals surface area (Å²) >= 11 is 1.32. The van der Waals surface area contributed by atoms with Crippen LogP contribution >= 0.6 is 11.8 Å². The van der Waals surface area contributed by atoms with E-state index in [0.29, 0.717) is 31.2 Å². The second-order valence-electron chi connectivity index (χ2n) is 7.18. The van der Waals surface area contributed by atoms with Gasteiger partial charge in [-0.15, -0.1) is 0 Å². The molecule has 0 saturated carbocycles. The first kappa shape index (κ1) is 21.8. The predicted octanol–water partition coefficient (Wildman–Crippen LogP) is 1.94. The van der Waals surface area contributed by atoms with Crippen LogP contribution in [-0.2, 0) is 14.8 Å². The number of piperazine rings is 1. The second-order valence-corrected chi connectivity index (χ2v) is 10.2. The van der Waals surface area contributed by atoms with Crippen molar-refractivity contribution >= 4 is 27.7 Å². The van der Waals surface area contributed by atoms with Crippen LogP contribution < -0.4 is 0 Å². The van der Waals surface area contributed by atoms with E-state index in [-0.39, 0.29) is 10.8 Å². The Labute approximate surface area is 176 Å². The minimum absolute atomic E-state index is 0.0443. The third-order valence-electron chi connectivity index (χ3n) is 4.82. The Bertz CT molecular complexity index is 926. The molecule has 1 saturated heterocycles. The van der Waals surface area contributed by atoms with Crippen molar-refractivity contribution in [2.75, 3.05) is 47.3 Å². The lowest BCUT2D eigenvalue weighted by atomic mass is 10.1. The van der Waals surface area contributed by atoms with Gasteiger partial charge in [0.05, 0.1) is 5.03 Å². The number of carbonyl (C=O) groups excluding carboxylic acids is 1. The van der Waals surface area contributed by atoms with Gasteiger partial charge in [-0.3, -0.25) is 4.79 Å². The van der Waals surface area contributed by atoms with Gasteiger partial charge in [-0.05, 0) is 24.7 Å². The maximum atomic E-state index is 12.8. The molecule has 1 aromatic heterocycles. The number of hydrogen-bond donors (Lipinski definition) is 0. The molecule has 29 heavy (non-hydrogen) atoms. The largest absolute Gasteiger partial charge is 0.348 e. The SMILES string of the molecule is CN1CCN(S(=O)(=O)c2ccc(S[C@@H](C(=O)N(C)C)c3ccccc3)nc2)CC1. The predicted molar refractivity (Wildman–Crippen MR) is 114 cm³/mol. The first-order valence-electron chi connectivity index (χ1n) is 9.36. The number of pyridine rings is 1. The van der Waals surface area contributed by atoms with E-state index in [1.165, 1.54) is 22.3 Å². The minimum atomic E-state index is -3.55. The molecular weight excluding hydrogens is 408 g/mol. The molecular formula is C20H26N4O3S2. The van der Waals surface area contributed by atoms with E-state index in [9.17, 15) is 13.2 Å². The minimum Gasteiger partial charge on any atom is -0.348 e. The van der Waals surface area contributed by atoms with E-state index in [1.54, 1.807) is 31.1 Å². The summed E-state index contributed by atoms with van der Waals surface area (Å²) in [6, 6.07) is 12.8. The molecule has 156 valence electrons. The van der Waals surface area contributed by atoms with Crippen molar-refractivity contribution in [2.45, 2.75) is 15.2 Å². The summed E-state index contributed by atoms with van der Waals surface area (Å²) in [6.45, 7) is 2.38. The van der Waals surface area contributed by atoms with Crippen molar-refractivity contribution in [2.24, 2.45) is 0 Å². The third-order valence-corrected chi connectivity index (χ3v) is 7.89. The Morgan fingerprint density at radius 2 is 1.72 bits per heavy atom. The highest BCUT2D eigenvalue weighted by atomic mass is 32.2. The van der Waals surface area contributed by atoms with E-state index >= 15 is 0 Å². The van der Waals surface area contributed by atoms with Crippen molar-refractivity contribution in [3.05, 3.63) is 54.2 Å². The zero-order valence-corrected chi connectivity index (χ0v) is 18.5. The van der Waals surface area contributed by atoms with Gasteiger partial charge < -0.3 is 9.80 Å². The number of nitrogens with zero attached hydrogens (tertiary/aromatic N) is 4. The molecule has 0 aliphatic carbocycles. The van der Waals surface area contributed by atoms with Crippen LogP contribution in [0, 0.1) is 0 Å². The lowest BCUT2D eigenvalue weighted by Gasteiger charge is -2.31. The number of rotatable bonds is 6. The quantitative estimate of drug-likeness (QED) is 0.647. The van der Waals surface area contributed by atoms with E-state index in [0.717, 1.165) is 5.56 Å². The van der Waals surface area contributed by atoms with Crippen LogP contribution in [0.15, 0.2) is 58.6 Å². The Morgan fingerprint density at radius 3 is 2.28 bits per heavy atom. The molecule has 1 atom stereocenters. The van der Waals surface area contributed by atoms with Gasteiger partial charge in [0.2, 0.25) is 15.9 Å². The van der Waals surface area contributed by atoms with Gasteiger partial charge in [0.1, 0.15) is 10.1 Å². The maximum Gasteiger partial charge on any atom is 0.244 e. The maximum absolute atomic E-state index is 12.8. The van der Waals surface area contributed by atoms with E-state index in [4.69, 9.17) is 0 Å². The van der Waals surface area contributed by atoms with Crippen molar-refractivity contribution in [1.29, 1.82) is 0 Å². The summed E-state index contributed by atoms with van der Waals surface area (Å²) < 4.78 is 27.2. The smallest absolute Gasteiger partial charge is 0.244 e. The molecule has 0 unspecified atom stereocenters. The van der Waals surface area contributed by atoms with Gasteiger partial charge in [-0.1, -0.05) is 42.1 Å². The molecule has 0 bridgehead atoms. The summed E-state index contributed by atoms with van der Waals surface area (Å²) in [5.74, 6) is -0.0443. The summed E-state index contributed by atoms with van der Waals surface area (Å²) in [4.78, 5) is 20.9. The Hall–Kier alpha value is -1.94. The Balaban J connectivity index is 1.79. The van der Waals surface area contributed by atoms with E-state index < -0.39 is 15.3 Å². The van der Waals surface area contributed by atoms with Crippen LogP contribution in [0.2, 0.25) is 0 Å². The van der Waals surface area contributed by atoms with Crippen LogP contribution in [-0.4, -0.2) is 80.7 Å². The van der Waals surface area contributed by atoms with Crippen LogP contribution in [0.3, 0.4) is 0 Å². The summed E-state index contributed by atoms with van der Waals surface area (Å²) in [7, 11) is 1.87. The first-order valence-corrected chi connectivity index (χ1v) is 11.7. The average molecular weight is 435 g/mol. The van der Waals surface area contributed by atoms with Gasteiger partial charge in [0, 0.05) is 46.5 Å². The van der Waals surface area contributed by atoms with Crippen molar-refractivity contribution in [3.8, 4) is 0 Å². The second kappa shape index (κ2) is 9.25. The van der Waals surface area contributed by atoms with Gasteiger partial charge in [-0.2, -0.15) is 4.31 Å². The lowest BCUT2D eigenvalue weighted by molar-refractivity contribution is -0.128.